The number of hydrogen-bond acceptors (Lipinski definition) is 2. The molecule has 2 N–H and O–H groups in total. The van der Waals surface area contributed by atoms with Gasteiger partial charge in [0.1, 0.15) is 11.9 Å². The molecule has 2 nitrogen and oxygen atoms in total. The van der Waals surface area contributed by atoms with Gasteiger partial charge in [0.15, 0.2) is 0 Å². The van der Waals surface area contributed by atoms with Gasteiger partial charge in [0, 0.05) is 6.04 Å². The van der Waals surface area contributed by atoms with E-state index in [4.69, 9.17) is 22.1 Å². The predicted molar refractivity (Wildman–Crippen MR) is 62.4 cm³/mol. The highest BCUT2D eigenvalue weighted by atomic mass is 35.5. The van der Waals surface area contributed by atoms with Crippen molar-refractivity contribution in [2.75, 3.05) is 0 Å². The molecule has 82 valence electrons. The van der Waals surface area contributed by atoms with Crippen LogP contribution in [0.3, 0.4) is 0 Å². The first-order valence-corrected chi connectivity index (χ1v) is 5.73. The van der Waals surface area contributed by atoms with Gasteiger partial charge >= 0.3 is 0 Å². The van der Waals surface area contributed by atoms with Gasteiger partial charge in [-0.3, -0.25) is 0 Å². The van der Waals surface area contributed by atoms with E-state index in [1.54, 1.807) is 0 Å². The van der Waals surface area contributed by atoms with E-state index in [0.29, 0.717) is 5.02 Å². The summed E-state index contributed by atoms with van der Waals surface area (Å²) in [5.41, 5.74) is 7.10. The van der Waals surface area contributed by atoms with Crippen molar-refractivity contribution in [1.29, 1.82) is 0 Å². The minimum absolute atomic E-state index is 0.129. The minimum atomic E-state index is 0.129. The summed E-state index contributed by atoms with van der Waals surface area (Å²) in [5.74, 6) is 0.763. The molecule has 0 bridgehead atoms. The lowest BCUT2D eigenvalue weighted by molar-refractivity contribution is 0.192. The predicted octanol–water partition coefficient (Wildman–Crippen LogP) is 2.91. The molecule has 1 aromatic rings. The highest BCUT2D eigenvalue weighted by Crippen LogP contribution is 2.29. The van der Waals surface area contributed by atoms with Crippen LogP contribution >= 0.6 is 11.6 Å². The second-order valence-electron chi connectivity index (χ2n) is 4.18. The zero-order valence-electron chi connectivity index (χ0n) is 8.87. The molecule has 3 heteroatoms. The van der Waals surface area contributed by atoms with E-state index in [1.807, 2.05) is 25.1 Å². The van der Waals surface area contributed by atoms with Crippen molar-refractivity contribution in [3.8, 4) is 5.75 Å². The van der Waals surface area contributed by atoms with E-state index in [9.17, 15) is 0 Å². The van der Waals surface area contributed by atoms with Gasteiger partial charge in [-0.15, -0.1) is 0 Å². The summed E-state index contributed by atoms with van der Waals surface area (Å²) >= 11 is 6.06. The summed E-state index contributed by atoms with van der Waals surface area (Å²) in [6, 6.07) is 5.96. The average molecular weight is 226 g/mol. The Morgan fingerprint density at radius 1 is 1.40 bits per heavy atom. The Kier molecular flexibility index (Phi) is 3.17. The highest BCUT2D eigenvalue weighted by Gasteiger charge is 2.26. The van der Waals surface area contributed by atoms with Crippen LogP contribution in [-0.2, 0) is 0 Å². The van der Waals surface area contributed by atoms with E-state index < -0.39 is 0 Å². The highest BCUT2D eigenvalue weighted by molar-refractivity contribution is 6.32. The molecular formula is C12H16ClNO. The van der Waals surface area contributed by atoms with Gasteiger partial charge in [-0.1, -0.05) is 17.7 Å². The molecule has 1 aliphatic rings. The number of nitrogens with two attached hydrogens (primary N) is 1. The first-order valence-electron chi connectivity index (χ1n) is 5.35. The summed E-state index contributed by atoms with van der Waals surface area (Å²) < 4.78 is 5.84. The Labute approximate surface area is 95.4 Å². The van der Waals surface area contributed by atoms with Crippen LogP contribution in [-0.4, -0.2) is 12.1 Å². The third-order valence-electron chi connectivity index (χ3n) is 2.87. The topological polar surface area (TPSA) is 35.2 Å². The number of aryl methyl sites for hydroxylation is 1. The van der Waals surface area contributed by atoms with Crippen molar-refractivity contribution in [3.63, 3.8) is 0 Å². The van der Waals surface area contributed by atoms with Gasteiger partial charge < -0.3 is 10.5 Å². The Morgan fingerprint density at radius 2 is 2.20 bits per heavy atom. The Hall–Kier alpha value is -0.730. The molecule has 1 aromatic carbocycles. The van der Waals surface area contributed by atoms with Gasteiger partial charge in [-0.2, -0.15) is 0 Å². The van der Waals surface area contributed by atoms with Gasteiger partial charge in [0.2, 0.25) is 0 Å². The molecule has 0 aliphatic heterocycles. The first kappa shape index (κ1) is 10.8. The normalized spacial score (nSPS) is 25.5. The van der Waals surface area contributed by atoms with Crippen molar-refractivity contribution in [3.05, 3.63) is 28.8 Å². The fourth-order valence-corrected chi connectivity index (χ4v) is 2.13. The molecule has 0 heterocycles. The number of hydrogen-bond donors (Lipinski definition) is 1. The van der Waals surface area contributed by atoms with Crippen LogP contribution < -0.4 is 10.5 Å². The van der Waals surface area contributed by atoms with E-state index in [2.05, 4.69) is 0 Å². The molecule has 1 saturated carbocycles. The summed E-state index contributed by atoms with van der Waals surface area (Å²) in [6.07, 6.45) is 3.36. The Bertz CT molecular complexity index is 353. The van der Waals surface area contributed by atoms with E-state index in [0.717, 1.165) is 30.6 Å². The van der Waals surface area contributed by atoms with Crippen LogP contribution in [0.2, 0.25) is 5.02 Å². The summed E-state index contributed by atoms with van der Waals surface area (Å²) in [5, 5.41) is 0.666. The molecule has 2 unspecified atom stereocenters. The number of ether oxygens (including phenoxy) is 1. The van der Waals surface area contributed by atoms with E-state index >= 15 is 0 Å². The monoisotopic (exact) mass is 225 g/mol. The molecule has 0 saturated heterocycles. The van der Waals surface area contributed by atoms with Crippen molar-refractivity contribution in [2.45, 2.75) is 38.3 Å². The van der Waals surface area contributed by atoms with Crippen LogP contribution in [0.5, 0.6) is 5.75 Å². The quantitative estimate of drug-likeness (QED) is 0.840. The Balaban J connectivity index is 2.12. The van der Waals surface area contributed by atoms with Crippen LogP contribution in [0, 0.1) is 6.92 Å². The average Bonchev–Trinajstić information content (AvgIpc) is 2.58. The molecule has 2 rings (SSSR count). The third-order valence-corrected chi connectivity index (χ3v) is 3.18. The number of benzene rings is 1. The zero-order valence-corrected chi connectivity index (χ0v) is 9.63. The van der Waals surface area contributed by atoms with Crippen LogP contribution in [0.25, 0.3) is 0 Å². The standard InChI is InChI=1S/C12H16ClNO/c1-8-5-6-9(13)12(7-8)15-11-4-2-3-10(11)14/h5-7,10-11H,2-4,14H2,1H3. The fourth-order valence-electron chi connectivity index (χ4n) is 1.97. The molecule has 2 atom stereocenters. The van der Waals surface area contributed by atoms with Crippen molar-refractivity contribution >= 4 is 11.6 Å². The van der Waals surface area contributed by atoms with E-state index in [-0.39, 0.29) is 12.1 Å². The maximum atomic E-state index is 6.06. The van der Waals surface area contributed by atoms with Crippen LogP contribution in [0.15, 0.2) is 18.2 Å². The number of rotatable bonds is 2. The molecule has 15 heavy (non-hydrogen) atoms. The summed E-state index contributed by atoms with van der Waals surface area (Å²) in [4.78, 5) is 0. The molecule has 0 spiro atoms. The molecule has 0 aromatic heterocycles. The van der Waals surface area contributed by atoms with Gasteiger partial charge in [-0.05, 0) is 43.9 Å². The molecule has 0 amide bonds. The third kappa shape index (κ3) is 2.44. The lowest BCUT2D eigenvalue weighted by Crippen LogP contribution is -2.33. The van der Waals surface area contributed by atoms with Crippen molar-refractivity contribution in [2.24, 2.45) is 5.73 Å². The molecule has 0 radical (unpaired) electrons. The SMILES string of the molecule is Cc1ccc(Cl)c(OC2CCCC2N)c1. The van der Waals surface area contributed by atoms with Crippen molar-refractivity contribution < 1.29 is 4.74 Å². The zero-order chi connectivity index (χ0) is 10.8. The maximum absolute atomic E-state index is 6.06. The molecule has 1 aliphatic carbocycles. The van der Waals surface area contributed by atoms with Crippen molar-refractivity contribution in [1.82, 2.24) is 0 Å². The summed E-state index contributed by atoms with van der Waals surface area (Å²) in [7, 11) is 0. The van der Waals surface area contributed by atoms with Crippen LogP contribution in [0.4, 0.5) is 0 Å². The smallest absolute Gasteiger partial charge is 0.138 e. The maximum Gasteiger partial charge on any atom is 0.138 e. The second kappa shape index (κ2) is 4.42. The van der Waals surface area contributed by atoms with Gasteiger partial charge in [0.25, 0.3) is 0 Å². The van der Waals surface area contributed by atoms with Crippen LogP contribution in [0.1, 0.15) is 24.8 Å². The summed E-state index contributed by atoms with van der Waals surface area (Å²) in [6.45, 7) is 2.03. The first-order chi connectivity index (χ1) is 7.16. The van der Waals surface area contributed by atoms with Gasteiger partial charge in [0.05, 0.1) is 5.02 Å². The largest absolute Gasteiger partial charge is 0.487 e. The lowest BCUT2D eigenvalue weighted by atomic mass is 10.2. The Morgan fingerprint density at radius 3 is 2.87 bits per heavy atom. The van der Waals surface area contributed by atoms with E-state index in [1.165, 1.54) is 0 Å². The molecule has 1 fully saturated rings. The number of halogens is 1. The lowest BCUT2D eigenvalue weighted by Gasteiger charge is -2.18. The molecular weight excluding hydrogens is 210 g/mol. The van der Waals surface area contributed by atoms with Gasteiger partial charge in [-0.25, -0.2) is 0 Å². The fraction of sp³-hybridized carbons (Fsp3) is 0.500. The second-order valence-corrected chi connectivity index (χ2v) is 4.59. The minimum Gasteiger partial charge on any atom is -0.487 e.